The highest BCUT2D eigenvalue weighted by Gasteiger charge is 2.45. The first-order valence-electron chi connectivity index (χ1n) is 8.55. The minimum Gasteiger partial charge on any atom is -0.370 e. The van der Waals surface area contributed by atoms with Gasteiger partial charge in [0.25, 0.3) is 0 Å². The number of ether oxygens (including phenoxy) is 1. The molecule has 2 N–H and O–H groups in total. The molecule has 130 valence electrons. The Balaban J connectivity index is 1.55. The smallest absolute Gasteiger partial charge is 0.317 e. The van der Waals surface area contributed by atoms with Crippen LogP contribution in [0.25, 0.3) is 0 Å². The zero-order valence-corrected chi connectivity index (χ0v) is 14.2. The van der Waals surface area contributed by atoms with Gasteiger partial charge < -0.3 is 20.3 Å². The molecule has 0 aromatic heterocycles. The van der Waals surface area contributed by atoms with E-state index < -0.39 is 0 Å². The summed E-state index contributed by atoms with van der Waals surface area (Å²) in [5.74, 6) is -0.173. The molecule has 24 heavy (non-hydrogen) atoms. The predicted octanol–water partition coefficient (Wildman–Crippen LogP) is 1.51. The Morgan fingerprint density at radius 3 is 2.71 bits per heavy atom. The largest absolute Gasteiger partial charge is 0.370 e. The standard InChI is InChI=1S/C18H25N3O3/c1-12(2)20-18(23)21-10-14-8-15(16(11-21)24-14)17(22)19-9-13-6-4-3-5-7-13/h3-7,12,14-16H,8-11H2,1-2H3,(H,19,22)(H,20,23)/t14-,15-,16-/m0/s1. The van der Waals surface area contributed by atoms with Gasteiger partial charge in [0.2, 0.25) is 5.91 Å². The lowest BCUT2D eigenvalue weighted by atomic mass is 9.99. The number of carbonyl (C=O) groups is 2. The Bertz CT molecular complexity index is 590. The molecule has 2 fully saturated rings. The number of nitrogens with one attached hydrogen (secondary N) is 2. The van der Waals surface area contributed by atoms with E-state index in [0.29, 0.717) is 26.1 Å². The van der Waals surface area contributed by atoms with E-state index in [1.54, 1.807) is 4.90 Å². The average molecular weight is 331 g/mol. The van der Waals surface area contributed by atoms with Crippen molar-refractivity contribution in [1.82, 2.24) is 15.5 Å². The molecule has 2 aliphatic heterocycles. The molecule has 1 aromatic carbocycles. The summed E-state index contributed by atoms with van der Waals surface area (Å²) in [6.45, 7) is 5.42. The number of carbonyl (C=O) groups excluding carboxylic acids is 2. The monoisotopic (exact) mass is 331 g/mol. The van der Waals surface area contributed by atoms with Crippen molar-refractivity contribution in [1.29, 1.82) is 0 Å². The molecule has 0 aliphatic carbocycles. The van der Waals surface area contributed by atoms with Crippen LogP contribution in [0.4, 0.5) is 4.79 Å². The Labute approximate surface area is 142 Å². The van der Waals surface area contributed by atoms with Gasteiger partial charge in [0, 0.05) is 25.7 Å². The van der Waals surface area contributed by atoms with Crippen molar-refractivity contribution in [2.75, 3.05) is 13.1 Å². The van der Waals surface area contributed by atoms with Crippen LogP contribution in [0.5, 0.6) is 0 Å². The molecule has 0 spiro atoms. The van der Waals surface area contributed by atoms with Crippen molar-refractivity contribution in [3.8, 4) is 0 Å². The van der Waals surface area contributed by atoms with E-state index in [4.69, 9.17) is 4.74 Å². The van der Waals surface area contributed by atoms with E-state index in [0.717, 1.165) is 5.56 Å². The Morgan fingerprint density at radius 1 is 1.25 bits per heavy atom. The summed E-state index contributed by atoms with van der Waals surface area (Å²) in [4.78, 5) is 26.4. The molecule has 3 atom stereocenters. The third kappa shape index (κ3) is 3.87. The van der Waals surface area contributed by atoms with Gasteiger partial charge in [0.15, 0.2) is 0 Å². The molecule has 6 heteroatoms. The lowest BCUT2D eigenvalue weighted by molar-refractivity contribution is -0.127. The molecule has 0 unspecified atom stereocenters. The fourth-order valence-corrected chi connectivity index (χ4v) is 3.35. The van der Waals surface area contributed by atoms with Crippen LogP contribution in [0.3, 0.4) is 0 Å². The molecule has 2 heterocycles. The van der Waals surface area contributed by atoms with Crippen LogP contribution < -0.4 is 10.6 Å². The third-order valence-corrected chi connectivity index (χ3v) is 4.50. The minimum atomic E-state index is -0.211. The second-order valence-electron chi connectivity index (χ2n) is 6.85. The van der Waals surface area contributed by atoms with Gasteiger partial charge >= 0.3 is 6.03 Å². The van der Waals surface area contributed by atoms with Crippen LogP contribution in [0, 0.1) is 5.92 Å². The van der Waals surface area contributed by atoms with E-state index in [1.807, 2.05) is 44.2 Å². The van der Waals surface area contributed by atoms with E-state index in [9.17, 15) is 9.59 Å². The summed E-state index contributed by atoms with van der Waals surface area (Å²) >= 11 is 0. The number of morpholine rings is 1. The highest BCUT2D eigenvalue weighted by molar-refractivity contribution is 5.80. The number of hydrogen-bond acceptors (Lipinski definition) is 3. The zero-order chi connectivity index (χ0) is 17.1. The number of benzene rings is 1. The summed E-state index contributed by atoms with van der Waals surface area (Å²) in [5, 5.41) is 5.89. The van der Waals surface area contributed by atoms with Crippen LogP contribution in [0.2, 0.25) is 0 Å². The average Bonchev–Trinajstić information content (AvgIpc) is 2.87. The molecule has 2 saturated heterocycles. The second-order valence-corrected chi connectivity index (χ2v) is 6.85. The van der Waals surface area contributed by atoms with Crippen LogP contribution in [-0.4, -0.2) is 48.2 Å². The number of hydrogen-bond donors (Lipinski definition) is 2. The maximum absolute atomic E-state index is 12.5. The van der Waals surface area contributed by atoms with Crippen molar-refractivity contribution < 1.29 is 14.3 Å². The first kappa shape index (κ1) is 16.8. The highest BCUT2D eigenvalue weighted by Crippen LogP contribution is 2.32. The highest BCUT2D eigenvalue weighted by atomic mass is 16.5. The topological polar surface area (TPSA) is 70.7 Å². The molecule has 0 saturated carbocycles. The Hall–Kier alpha value is -2.08. The molecular formula is C18H25N3O3. The summed E-state index contributed by atoms with van der Waals surface area (Å²) < 4.78 is 5.89. The molecule has 3 amide bonds. The van der Waals surface area contributed by atoms with Gasteiger partial charge in [-0.05, 0) is 25.8 Å². The van der Waals surface area contributed by atoms with Gasteiger partial charge in [-0.25, -0.2) is 4.79 Å². The SMILES string of the molecule is CC(C)NC(=O)N1C[C@@H]2C[C@H](C(=O)NCc3ccccc3)[C@H](C1)O2. The molecular weight excluding hydrogens is 306 g/mol. The summed E-state index contributed by atoms with van der Waals surface area (Å²) in [5.41, 5.74) is 1.07. The normalized spacial score (nSPS) is 25.6. The van der Waals surface area contributed by atoms with Crippen LogP contribution in [-0.2, 0) is 16.1 Å². The van der Waals surface area contributed by atoms with Gasteiger partial charge in [-0.15, -0.1) is 0 Å². The Morgan fingerprint density at radius 2 is 2.00 bits per heavy atom. The molecule has 1 aromatic rings. The first-order chi connectivity index (χ1) is 11.5. The van der Waals surface area contributed by atoms with E-state index in [-0.39, 0.29) is 36.1 Å². The van der Waals surface area contributed by atoms with Crippen molar-refractivity contribution in [3.63, 3.8) is 0 Å². The van der Waals surface area contributed by atoms with Gasteiger partial charge in [-0.2, -0.15) is 0 Å². The minimum absolute atomic E-state index is 0.0115. The Kier molecular flexibility index (Phi) is 5.04. The van der Waals surface area contributed by atoms with Gasteiger partial charge in [-0.1, -0.05) is 30.3 Å². The van der Waals surface area contributed by atoms with Gasteiger partial charge in [0.1, 0.15) is 0 Å². The molecule has 0 radical (unpaired) electrons. The van der Waals surface area contributed by atoms with Crippen LogP contribution in [0.15, 0.2) is 30.3 Å². The summed E-state index contributed by atoms with van der Waals surface area (Å²) in [6, 6.07) is 9.87. The maximum Gasteiger partial charge on any atom is 0.317 e. The number of rotatable bonds is 4. The maximum atomic E-state index is 12.5. The van der Waals surface area contributed by atoms with E-state index in [2.05, 4.69) is 10.6 Å². The fourth-order valence-electron chi connectivity index (χ4n) is 3.35. The number of nitrogens with zero attached hydrogens (tertiary/aromatic N) is 1. The van der Waals surface area contributed by atoms with Gasteiger partial charge in [-0.3, -0.25) is 4.79 Å². The summed E-state index contributed by atoms with van der Waals surface area (Å²) in [7, 11) is 0. The first-order valence-corrected chi connectivity index (χ1v) is 8.55. The fraction of sp³-hybridized carbons (Fsp3) is 0.556. The lowest BCUT2D eigenvalue weighted by Crippen LogP contribution is -2.52. The van der Waals surface area contributed by atoms with Gasteiger partial charge in [0.05, 0.1) is 18.1 Å². The molecule has 2 aliphatic rings. The lowest BCUT2D eigenvalue weighted by Gasteiger charge is -2.33. The van der Waals surface area contributed by atoms with Crippen molar-refractivity contribution in [2.45, 2.75) is 45.1 Å². The predicted molar refractivity (Wildman–Crippen MR) is 90.3 cm³/mol. The van der Waals surface area contributed by atoms with E-state index >= 15 is 0 Å². The van der Waals surface area contributed by atoms with Crippen molar-refractivity contribution in [3.05, 3.63) is 35.9 Å². The third-order valence-electron chi connectivity index (χ3n) is 4.50. The van der Waals surface area contributed by atoms with Crippen LogP contribution in [0.1, 0.15) is 25.8 Å². The second kappa shape index (κ2) is 7.21. The zero-order valence-electron chi connectivity index (χ0n) is 14.2. The summed E-state index contributed by atoms with van der Waals surface area (Å²) in [6.07, 6.45) is 0.420. The molecule has 3 rings (SSSR count). The van der Waals surface area contributed by atoms with E-state index in [1.165, 1.54) is 0 Å². The number of fused-ring (bicyclic) bond motifs is 2. The number of amides is 3. The van der Waals surface area contributed by atoms with Crippen molar-refractivity contribution >= 4 is 11.9 Å². The molecule has 2 bridgehead atoms. The quantitative estimate of drug-likeness (QED) is 0.878. The van der Waals surface area contributed by atoms with Crippen molar-refractivity contribution in [2.24, 2.45) is 5.92 Å². The number of likely N-dealkylation sites (tertiary alicyclic amines) is 1. The molecule has 6 nitrogen and oxygen atoms in total. The van der Waals surface area contributed by atoms with Crippen LogP contribution >= 0.6 is 0 Å². The number of urea groups is 1.